The van der Waals surface area contributed by atoms with E-state index in [-0.39, 0.29) is 27.1 Å². The smallest absolute Gasteiger partial charge is 0.437 e. The number of benzene rings is 1. The van der Waals surface area contributed by atoms with Crippen LogP contribution in [0.3, 0.4) is 0 Å². The molecule has 0 unspecified atom stereocenters. The van der Waals surface area contributed by atoms with Gasteiger partial charge in [0.2, 0.25) is 11.7 Å². The zero-order valence-electron chi connectivity index (χ0n) is 15.5. The number of hydrogen-bond donors (Lipinski definition) is 2. The van der Waals surface area contributed by atoms with Gasteiger partial charge in [-0.05, 0) is 31.2 Å². The van der Waals surface area contributed by atoms with Gasteiger partial charge in [-0.25, -0.2) is 9.97 Å². The lowest BCUT2D eigenvalue weighted by Gasteiger charge is -2.17. The lowest BCUT2D eigenvalue weighted by atomic mass is 10.0. The predicted octanol–water partition coefficient (Wildman–Crippen LogP) is 4.33. The van der Waals surface area contributed by atoms with Gasteiger partial charge in [0.05, 0.1) is 5.56 Å². The Balaban J connectivity index is 2.15. The molecule has 0 aliphatic rings. The molecule has 0 spiro atoms. The molecule has 1 aromatic carbocycles. The molecule has 2 aromatic heterocycles. The molecule has 0 saturated carbocycles. The number of alkyl halides is 6. The molecule has 0 aliphatic heterocycles. The van der Waals surface area contributed by atoms with Crippen LogP contribution >= 0.6 is 0 Å². The molecular formula is C18H12F6N6O. The maximum absolute atomic E-state index is 13.2. The molecule has 3 aromatic rings. The molecule has 7 nitrogen and oxygen atoms in total. The molecule has 2 heterocycles. The van der Waals surface area contributed by atoms with Crippen LogP contribution in [-0.2, 0) is 6.18 Å². The molecule has 0 radical (unpaired) electrons. The van der Waals surface area contributed by atoms with Gasteiger partial charge in [-0.2, -0.15) is 31.0 Å². The Bertz CT molecular complexity index is 1190. The van der Waals surface area contributed by atoms with Gasteiger partial charge >= 0.3 is 12.4 Å². The molecule has 0 bridgehead atoms. The number of aryl methyl sites for hydroxylation is 1. The first kappa shape index (κ1) is 21.9. The standard InChI is InChI=1S/C18H12F6N6O/c1-9-4-14(25)30(16(26)18(22,23)24)29-15(9)31-13-5-11(17(19,20)21)2-3-12(13)10-6-27-8-28-7-10/h2-8,25-26H,1H3. The minimum atomic E-state index is -5.11. The number of nitrogens with zero attached hydrogens (tertiary/aromatic N) is 4. The molecule has 0 atom stereocenters. The Kier molecular flexibility index (Phi) is 5.53. The summed E-state index contributed by atoms with van der Waals surface area (Å²) in [6.45, 7) is 1.35. The molecular weight excluding hydrogens is 430 g/mol. The summed E-state index contributed by atoms with van der Waals surface area (Å²) in [4.78, 5) is 7.57. The number of aromatic nitrogens is 4. The SMILES string of the molecule is Cc1cc(=N)n(C(=N)C(F)(F)F)nc1Oc1cc(C(F)(F)F)ccc1-c1cncnc1. The molecule has 31 heavy (non-hydrogen) atoms. The second kappa shape index (κ2) is 7.81. The fourth-order valence-electron chi connectivity index (χ4n) is 2.51. The van der Waals surface area contributed by atoms with Crippen molar-refractivity contribution in [2.75, 3.05) is 0 Å². The summed E-state index contributed by atoms with van der Waals surface area (Å²) < 4.78 is 83.7. The molecule has 0 aliphatic carbocycles. The van der Waals surface area contributed by atoms with Crippen LogP contribution in [0.2, 0.25) is 0 Å². The lowest BCUT2D eigenvalue weighted by molar-refractivity contribution is -0.137. The molecule has 2 N–H and O–H groups in total. The van der Waals surface area contributed by atoms with Crippen molar-refractivity contribution in [3.8, 4) is 22.8 Å². The first-order valence-corrected chi connectivity index (χ1v) is 8.34. The van der Waals surface area contributed by atoms with Gasteiger partial charge in [0, 0.05) is 29.1 Å². The lowest BCUT2D eigenvalue weighted by Crippen LogP contribution is -2.38. The van der Waals surface area contributed by atoms with Crippen molar-refractivity contribution in [1.82, 2.24) is 19.7 Å². The third-order valence-corrected chi connectivity index (χ3v) is 3.98. The molecule has 0 saturated heterocycles. The van der Waals surface area contributed by atoms with Crippen LogP contribution in [0.5, 0.6) is 11.6 Å². The van der Waals surface area contributed by atoms with Crippen molar-refractivity contribution in [3.63, 3.8) is 0 Å². The fourth-order valence-corrected chi connectivity index (χ4v) is 2.51. The maximum atomic E-state index is 13.2. The monoisotopic (exact) mass is 442 g/mol. The van der Waals surface area contributed by atoms with Crippen LogP contribution < -0.4 is 10.2 Å². The Hall–Kier alpha value is -3.77. The van der Waals surface area contributed by atoms with Crippen LogP contribution in [0.4, 0.5) is 26.3 Å². The van der Waals surface area contributed by atoms with Gasteiger partial charge in [-0.15, -0.1) is 5.10 Å². The van der Waals surface area contributed by atoms with Gasteiger partial charge < -0.3 is 4.74 Å². The van der Waals surface area contributed by atoms with E-state index in [1.807, 2.05) is 0 Å². The number of halogens is 6. The highest BCUT2D eigenvalue weighted by molar-refractivity contribution is 5.85. The minimum absolute atomic E-state index is 0.0265. The van der Waals surface area contributed by atoms with Gasteiger partial charge in [0.25, 0.3) is 0 Å². The summed E-state index contributed by atoms with van der Waals surface area (Å²) in [6, 6.07) is 3.53. The van der Waals surface area contributed by atoms with Crippen LogP contribution in [0.1, 0.15) is 11.1 Å². The van der Waals surface area contributed by atoms with Crippen LogP contribution in [0, 0.1) is 17.7 Å². The third-order valence-electron chi connectivity index (χ3n) is 3.98. The summed E-state index contributed by atoms with van der Waals surface area (Å²) >= 11 is 0. The highest BCUT2D eigenvalue weighted by atomic mass is 19.4. The van der Waals surface area contributed by atoms with E-state index in [1.165, 1.54) is 25.6 Å². The first-order chi connectivity index (χ1) is 14.4. The summed E-state index contributed by atoms with van der Waals surface area (Å²) in [5, 5.41) is 18.3. The first-order valence-electron chi connectivity index (χ1n) is 8.34. The van der Waals surface area contributed by atoms with Crippen molar-refractivity contribution >= 4 is 5.84 Å². The summed E-state index contributed by atoms with van der Waals surface area (Å²) in [5.74, 6) is -2.84. The van der Waals surface area contributed by atoms with Gasteiger partial charge in [0.15, 0.2) is 0 Å². The highest BCUT2D eigenvalue weighted by Gasteiger charge is 2.37. The van der Waals surface area contributed by atoms with E-state index >= 15 is 0 Å². The maximum Gasteiger partial charge on any atom is 0.451 e. The Morgan fingerprint density at radius 2 is 1.68 bits per heavy atom. The topological polar surface area (TPSA) is 101 Å². The van der Waals surface area contributed by atoms with E-state index in [9.17, 15) is 26.3 Å². The average Bonchev–Trinajstić information content (AvgIpc) is 2.68. The van der Waals surface area contributed by atoms with Gasteiger partial charge in [-0.3, -0.25) is 10.8 Å². The fraction of sp³-hybridized carbons (Fsp3) is 0.167. The zero-order valence-corrected chi connectivity index (χ0v) is 15.5. The normalized spacial score (nSPS) is 12.0. The Morgan fingerprint density at radius 1 is 1.03 bits per heavy atom. The summed E-state index contributed by atoms with van der Waals surface area (Å²) in [7, 11) is 0. The van der Waals surface area contributed by atoms with Crippen molar-refractivity contribution in [3.05, 3.63) is 59.6 Å². The van der Waals surface area contributed by atoms with E-state index in [2.05, 4.69) is 15.1 Å². The molecule has 0 fully saturated rings. The number of hydrogen-bond acceptors (Lipinski definition) is 6. The van der Waals surface area contributed by atoms with E-state index in [1.54, 1.807) is 0 Å². The molecule has 3 rings (SSSR count). The second-order valence-electron chi connectivity index (χ2n) is 6.21. The van der Waals surface area contributed by atoms with Crippen LogP contribution in [0.15, 0.2) is 43.0 Å². The average molecular weight is 442 g/mol. The summed E-state index contributed by atoms with van der Waals surface area (Å²) in [6.07, 6.45) is -5.98. The van der Waals surface area contributed by atoms with E-state index in [0.717, 1.165) is 18.2 Å². The number of rotatable bonds is 3. The Labute approximate surface area is 170 Å². The largest absolute Gasteiger partial charge is 0.451 e. The quantitative estimate of drug-likeness (QED) is 0.358. The third kappa shape index (κ3) is 4.70. The van der Waals surface area contributed by atoms with Crippen LogP contribution in [-0.4, -0.2) is 31.8 Å². The zero-order chi connectivity index (χ0) is 23.0. The highest BCUT2D eigenvalue weighted by Crippen LogP contribution is 2.38. The van der Waals surface area contributed by atoms with Crippen molar-refractivity contribution in [2.24, 2.45) is 0 Å². The number of ether oxygens (including phenoxy) is 1. The molecule has 162 valence electrons. The van der Waals surface area contributed by atoms with E-state index in [0.29, 0.717) is 6.07 Å². The van der Waals surface area contributed by atoms with Crippen molar-refractivity contribution < 1.29 is 31.1 Å². The van der Waals surface area contributed by atoms with Crippen molar-refractivity contribution in [1.29, 1.82) is 10.8 Å². The van der Waals surface area contributed by atoms with Gasteiger partial charge in [-0.1, -0.05) is 0 Å². The van der Waals surface area contributed by atoms with E-state index < -0.39 is 35.1 Å². The molecule has 13 heteroatoms. The second-order valence-corrected chi connectivity index (χ2v) is 6.21. The predicted molar refractivity (Wildman–Crippen MR) is 94.5 cm³/mol. The Morgan fingerprint density at radius 3 is 2.26 bits per heavy atom. The minimum Gasteiger partial charge on any atom is -0.437 e. The summed E-state index contributed by atoms with van der Waals surface area (Å²) in [5.41, 5.74) is -1.33. The molecule has 0 amide bonds. The van der Waals surface area contributed by atoms with Gasteiger partial charge in [0.1, 0.15) is 17.6 Å². The van der Waals surface area contributed by atoms with E-state index in [4.69, 9.17) is 15.6 Å². The van der Waals surface area contributed by atoms with Crippen molar-refractivity contribution in [2.45, 2.75) is 19.3 Å². The number of nitrogens with one attached hydrogen (secondary N) is 2. The van der Waals surface area contributed by atoms with Crippen LogP contribution in [0.25, 0.3) is 11.1 Å².